The fourth-order valence-corrected chi connectivity index (χ4v) is 2.57. The highest BCUT2D eigenvalue weighted by atomic mass is 16.5. The van der Waals surface area contributed by atoms with Gasteiger partial charge in [0.1, 0.15) is 0 Å². The lowest BCUT2D eigenvalue weighted by Crippen LogP contribution is -2.27. The molecule has 1 saturated heterocycles. The van der Waals surface area contributed by atoms with E-state index >= 15 is 0 Å². The third-order valence-corrected chi connectivity index (χ3v) is 3.64. The van der Waals surface area contributed by atoms with Crippen LogP contribution in [0, 0.1) is 0 Å². The van der Waals surface area contributed by atoms with Gasteiger partial charge in [0.15, 0.2) is 11.9 Å². The van der Waals surface area contributed by atoms with Crippen LogP contribution in [0.25, 0.3) is 0 Å². The second-order valence-electron chi connectivity index (χ2n) is 5.02. The third-order valence-electron chi connectivity index (χ3n) is 3.64. The average molecular weight is 273 g/mol. The first kappa shape index (κ1) is 13.3. The Labute approximate surface area is 118 Å². The summed E-state index contributed by atoms with van der Waals surface area (Å²) in [4.78, 5) is 4.52. The van der Waals surface area contributed by atoms with Gasteiger partial charge in [-0.1, -0.05) is 41.9 Å². The summed E-state index contributed by atoms with van der Waals surface area (Å²) in [5, 5.41) is 7.53. The lowest BCUT2D eigenvalue weighted by molar-refractivity contribution is 0.105. The number of hydrogen-bond acceptors (Lipinski definition) is 5. The number of nitrogens with zero attached hydrogens (tertiary/aromatic N) is 2. The minimum absolute atomic E-state index is 0.203. The molecule has 5 heteroatoms. The molecule has 0 amide bonds. The zero-order valence-corrected chi connectivity index (χ0v) is 11.6. The largest absolute Gasteiger partial charge is 0.367 e. The molecule has 0 aliphatic carbocycles. The third kappa shape index (κ3) is 2.73. The molecule has 1 aliphatic heterocycles. The fourth-order valence-electron chi connectivity index (χ4n) is 2.57. The van der Waals surface area contributed by atoms with E-state index in [9.17, 15) is 0 Å². The second kappa shape index (κ2) is 6.15. The van der Waals surface area contributed by atoms with E-state index < -0.39 is 0 Å². The van der Waals surface area contributed by atoms with Crippen molar-refractivity contribution in [1.29, 1.82) is 0 Å². The molecule has 0 spiro atoms. The number of nitrogens with one attached hydrogen (secondary N) is 1. The molecule has 1 N–H and O–H groups in total. The predicted molar refractivity (Wildman–Crippen MR) is 74.2 cm³/mol. The van der Waals surface area contributed by atoms with Crippen molar-refractivity contribution in [1.82, 2.24) is 15.5 Å². The van der Waals surface area contributed by atoms with Crippen molar-refractivity contribution in [3.8, 4) is 0 Å². The molecule has 1 aliphatic rings. The number of ether oxygens (including phenoxy) is 1. The van der Waals surface area contributed by atoms with Gasteiger partial charge in [-0.15, -0.1) is 0 Å². The Morgan fingerprint density at radius 3 is 2.85 bits per heavy atom. The van der Waals surface area contributed by atoms with Crippen molar-refractivity contribution >= 4 is 0 Å². The maximum atomic E-state index is 5.51. The molecule has 2 aromatic rings. The first-order valence-electron chi connectivity index (χ1n) is 7.03. The quantitative estimate of drug-likeness (QED) is 0.928. The van der Waals surface area contributed by atoms with E-state index in [1.807, 2.05) is 30.3 Å². The van der Waals surface area contributed by atoms with Crippen LogP contribution in [-0.2, 0) is 4.74 Å². The van der Waals surface area contributed by atoms with Crippen LogP contribution in [0.4, 0.5) is 0 Å². The average Bonchev–Trinajstić information content (AvgIpc) is 3.00. The smallest absolute Gasteiger partial charge is 0.260 e. The summed E-state index contributed by atoms with van der Waals surface area (Å²) < 4.78 is 10.9. The zero-order valence-electron chi connectivity index (χ0n) is 11.6. The predicted octanol–water partition coefficient (Wildman–Crippen LogP) is 2.62. The van der Waals surface area contributed by atoms with Crippen molar-refractivity contribution in [2.45, 2.75) is 31.4 Å². The van der Waals surface area contributed by atoms with E-state index in [0.29, 0.717) is 5.89 Å². The van der Waals surface area contributed by atoms with Crippen molar-refractivity contribution in [3.63, 3.8) is 0 Å². The number of benzene rings is 1. The molecule has 1 aromatic heterocycles. The summed E-state index contributed by atoms with van der Waals surface area (Å²) in [6.07, 6.45) is 3.17. The minimum Gasteiger partial charge on any atom is -0.367 e. The summed E-state index contributed by atoms with van der Waals surface area (Å²) in [5.41, 5.74) is 1.02. The molecule has 1 fully saturated rings. The Hall–Kier alpha value is -1.72. The van der Waals surface area contributed by atoms with Gasteiger partial charge in [-0.05, 0) is 24.9 Å². The van der Waals surface area contributed by atoms with Gasteiger partial charge in [0.05, 0.1) is 6.04 Å². The molecular weight excluding hydrogens is 254 g/mol. The zero-order chi connectivity index (χ0) is 13.8. The van der Waals surface area contributed by atoms with E-state index in [-0.39, 0.29) is 12.1 Å². The maximum absolute atomic E-state index is 5.51. The molecule has 20 heavy (non-hydrogen) atoms. The number of methoxy groups -OCH3 is 1. The van der Waals surface area contributed by atoms with Gasteiger partial charge in [-0.25, -0.2) is 0 Å². The monoisotopic (exact) mass is 273 g/mol. The number of hydrogen-bond donors (Lipinski definition) is 1. The van der Waals surface area contributed by atoms with Gasteiger partial charge < -0.3 is 14.6 Å². The molecule has 2 atom stereocenters. The lowest BCUT2D eigenvalue weighted by atomic mass is 10.0. The highest BCUT2D eigenvalue weighted by molar-refractivity contribution is 5.22. The van der Waals surface area contributed by atoms with Gasteiger partial charge >= 0.3 is 0 Å². The molecule has 0 radical (unpaired) electrons. The van der Waals surface area contributed by atoms with Gasteiger partial charge in [0.2, 0.25) is 0 Å². The van der Waals surface area contributed by atoms with Crippen molar-refractivity contribution in [2.24, 2.45) is 0 Å². The summed E-state index contributed by atoms with van der Waals surface area (Å²) in [6.45, 7) is 1.01. The summed E-state index contributed by atoms with van der Waals surface area (Å²) in [7, 11) is 1.65. The van der Waals surface area contributed by atoms with Crippen LogP contribution in [0.15, 0.2) is 34.9 Å². The van der Waals surface area contributed by atoms with Crippen LogP contribution < -0.4 is 5.32 Å². The van der Waals surface area contributed by atoms with E-state index in [2.05, 4.69) is 15.5 Å². The van der Waals surface area contributed by atoms with Crippen molar-refractivity contribution in [3.05, 3.63) is 47.6 Å². The van der Waals surface area contributed by atoms with Gasteiger partial charge in [-0.2, -0.15) is 4.98 Å². The Balaban J connectivity index is 1.81. The van der Waals surface area contributed by atoms with E-state index in [0.717, 1.165) is 24.4 Å². The summed E-state index contributed by atoms with van der Waals surface area (Å²) in [5.74, 6) is 1.25. The van der Waals surface area contributed by atoms with Gasteiger partial charge in [0, 0.05) is 7.11 Å². The number of piperidine rings is 1. The van der Waals surface area contributed by atoms with Crippen LogP contribution in [0.5, 0.6) is 0 Å². The Morgan fingerprint density at radius 1 is 1.30 bits per heavy atom. The van der Waals surface area contributed by atoms with E-state index in [1.165, 1.54) is 12.8 Å². The molecular formula is C15H19N3O2. The van der Waals surface area contributed by atoms with E-state index in [1.54, 1.807) is 7.11 Å². The summed E-state index contributed by atoms with van der Waals surface area (Å²) in [6, 6.07) is 10.1. The number of aromatic nitrogens is 2. The first-order chi connectivity index (χ1) is 9.88. The Bertz CT molecular complexity index is 535. The van der Waals surface area contributed by atoms with Crippen LogP contribution >= 0.6 is 0 Å². The van der Waals surface area contributed by atoms with Crippen LogP contribution in [0.1, 0.15) is 48.7 Å². The molecule has 2 unspecified atom stereocenters. The Kier molecular flexibility index (Phi) is 4.08. The summed E-state index contributed by atoms with van der Waals surface area (Å²) >= 11 is 0. The van der Waals surface area contributed by atoms with Crippen LogP contribution in [0.3, 0.4) is 0 Å². The van der Waals surface area contributed by atoms with Crippen molar-refractivity contribution in [2.75, 3.05) is 13.7 Å². The molecule has 1 aromatic carbocycles. The van der Waals surface area contributed by atoms with Gasteiger partial charge in [-0.3, -0.25) is 0 Å². The molecule has 106 valence electrons. The highest BCUT2D eigenvalue weighted by Crippen LogP contribution is 2.26. The standard InChI is InChI=1S/C15H19N3O2/c1-19-13(11-7-3-2-4-8-11)15-17-14(18-20-15)12-9-5-6-10-16-12/h2-4,7-8,12-13,16H,5-6,9-10H2,1H3. The molecule has 2 heterocycles. The van der Waals surface area contributed by atoms with E-state index in [4.69, 9.17) is 9.26 Å². The van der Waals surface area contributed by atoms with Gasteiger partial charge in [0.25, 0.3) is 5.89 Å². The number of rotatable bonds is 4. The highest BCUT2D eigenvalue weighted by Gasteiger charge is 2.24. The second-order valence-corrected chi connectivity index (χ2v) is 5.02. The fraction of sp³-hybridized carbons (Fsp3) is 0.467. The molecule has 3 rings (SSSR count). The Morgan fingerprint density at radius 2 is 2.15 bits per heavy atom. The van der Waals surface area contributed by atoms with Crippen molar-refractivity contribution < 1.29 is 9.26 Å². The molecule has 0 bridgehead atoms. The maximum Gasteiger partial charge on any atom is 0.260 e. The molecule has 0 saturated carbocycles. The first-order valence-corrected chi connectivity index (χ1v) is 7.03. The SMILES string of the molecule is COC(c1ccccc1)c1nc(C2CCCCN2)no1. The van der Waals surface area contributed by atoms with Crippen LogP contribution in [0.2, 0.25) is 0 Å². The lowest BCUT2D eigenvalue weighted by Gasteiger charge is -2.19. The van der Waals surface area contributed by atoms with Crippen LogP contribution in [-0.4, -0.2) is 23.8 Å². The normalized spacial score (nSPS) is 20.8. The minimum atomic E-state index is -0.305. The topological polar surface area (TPSA) is 60.2 Å². The molecule has 5 nitrogen and oxygen atoms in total.